The number of aliphatic carboxylic acids is 1. The van der Waals surface area contributed by atoms with Gasteiger partial charge in [0, 0.05) is 6.42 Å². The second kappa shape index (κ2) is 6.15. The van der Waals surface area contributed by atoms with Crippen LogP contribution in [-0.2, 0) is 9.53 Å². The number of nitrogens with one attached hydrogen (secondary N) is 1. The standard InChI is InChI=1S/C9H15Cl2NO4/c1-9(2,3)16-8(15)12-5(7(13)14)4-6(10)11/h5-6H,4H2,1-3H3,(H,12,15)(H,13,14). The van der Waals surface area contributed by atoms with Gasteiger partial charge < -0.3 is 15.2 Å². The normalized spacial score (nSPS) is 13.4. The molecule has 0 saturated carbocycles. The lowest BCUT2D eigenvalue weighted by atomic mass is 10.2. The molecule has 94 valence electrons. The molecule has 0 aliphatic carbocycles. The average Bonchev–Trinajstić information content (AvgIpc) is 1.97. The van der Waals surface area contributed by atoms with Crippen LogP contribution in [0, 0.1) is 0 Å². The Bertz CT molecular complexity index is 263. The third kappa shape index (κ3) is 7.59. The van der Waals surface area contributed by atoms with Crippen molar-refractivity contribution in [2.45, 2.75) is 43.7 Å². The number of hydrogen-bond acceptors (Lipinski definition) is 3. The van der Waals surface area contributed by atoms with Crippen molar-refractivity contribution >= 4 is 35.3 Å². The third-order valence-corrected chi connectivity index (χ3v) is 1.76. The SMILES string of the molecule is CC(C)(C)OC(=O)NC(CC(Cl)Cl)C(=O)O. The van der Waals surface area contributed by atoms with E-state index in [1.165, 1.54) is 0 Å². The van der Waals surface area contributed by atoms with E-state index in [0.29, 0.717) is 0 Å². The van der Waals surface area contributed by atoms with E-state index in [0.717, 1.165) is 0 Å². The maximum absolute atomic E-state index is 11.3. The van der Waals surface area contributed by atoms with Gasteiger partial charge in [0.2, 0.25) is 0 Å². The molecular weight excluding hydrogens is 257 g/mol. The van der Waals surface area contributed by atoms with Gasteiger partial charge in [-0.15, -0.1) is 23.2 Å². The van der Waals surface area contributed by atoms with Crippen LogP contribution in [0.5, 0.6) is 0 Å². The summed E-state index contributed by atoms with van der Waals surface area (Å²) in [5.74, 6) is -1.21. The number of carboxylic acids is 1. The molecule has 0 aromatic carbocycles. The summed E-state index contributed by atoms with van der Waals surface area (Å²) in [4.78, 5) is 21.2. The van der Waals surface area contributed by atoms with E-state index in [1.807, 2.05) is 0 Å². The maximum atomic E-state index is 11.3. The Morgan fingerprint density at radius 1 is 1.38 bits per heavy atom. The zero-order valence-corrected chi connectivity index (χ0v) is 10.8. The first kappa shape index (κ1) is 15.3. The lowest BCUT2D eigenvalue weighted by Gasteiger charge is -2.22. The number of carboxylic acid groups (broad SMARTS) is 1. The van der Waals surface area contributed by atoms with Gasteiger partial charge in [0.25, 0.3) is 0 Å². The Morgan fingerprint density at radius 2 is 1.88 bits per heavy atom. The van der Waals surface area contributed by atoms with Crippen molar-refractivity contribution in [2.24, 2.45) is 0 Å². The third-order valence-electron chi connectivity index (χ3n) is 1.40. The number of hydrogen-bond donors (Lipinski definition) is 2. The number of ether oxygens (including phenoxy) is 1. The van der Waals surface area contributed by atoms with Gasteiger partial charge in [-0.1, -0.05) is 0 Å². The number of carbonyl (C=O) groups excluding carboxylic acids is 1. The lowest BCUT2D eigenvalue weighted by Crippen LogP contribution is -2.44. The van der Waals surface area contributed by atoms with E-state index >= 15 is 0 Å². The Labute approximate surface area is 104 Å². The highest BCUT2D eigenvalue weighted by molar-refractivity contribution is 6.44. The van der Waals surface area contributed by atoms with Gasteiger partial charge in [0.15, 0.2) is 0 Å². The molecule has 1 amide bonds. The molecular formula is C9H15Cl2NO4. The predicted octanol–water partition coefficient (Wildman–Crippen LogP) is 2.16. The molecule has 0 saturated heterocycles. The number of amides is 1. The average molecular weight is 272 g/mol. The molecule has 7 heteroatoms. The van der Waals surface area contributed by atoms with E-state index < -0.39 is 28.5 Å². The van der Waals surface area contributed by atoms with Crippen molar-refractivity contribution in [3.05, 3.63) is 0 Å². The quantitative estimate of drug-likeness (QED) is 0.769. The Kier molecular flexibility index (Phi) is 5.89. The second-order valence-corrected chi connectivity index (χ2v) is 5.44. The van der Waals surface area contributed by atoms with Crippen LogP contribution >= 0.6 is 23.2 Å². The molecule has 0 aliphatic heterocycles. The molecule has 0 spiro atoms. The van der Waals surface area contributed by atoms with Crippen LogP contribution in [0.1, 0.15) is 27.2 Å². The summed E-state index contributed by atoms with van der Waals surface area (Å²) in [6.07, 6.45) is -0.897. The summed E-state index contributed by atoms with van der Waals surface area (Å²) < 4.78 is 4.90. The number of rotatable bonds is 4. The smallest absolute Gasteiger partial charge is 0.408 e. The minimum atomic E-state index is -1.21. The van der Waals surface area contributed by atoms with Crippen LogP contribution in [0.4, 0.5) is 4.79 Å². The number of alkyl carbamates (subject to hydrolysis) is 1. The van der Waals surface area contributed by atoms with Crippen LogP contribution in [-0.4, -0.2) is 33.6 Å². The number of halogens is 2. The Balaban J connectivity index is 4.30. The van der Waals surface area contributed by atoms with Crippen molar-refractivity contribution in [2.75, 3.05) is 0 Å². The van der Waals surface area contributed by atoms with Crippen LogP contribution in [0.3, 0.4) is 0 Å². The van der Waals surface area contributed by atoms with Gasteiger partial charge in [0.05, 0.1) is 0 Å². The summed E-state index contributed by atoms with van der Waals surface area (Å²) >= 11 is 10.9. The Hall–Kier alpha value is -0.680. The molecule has 0 radical (unpaired) electrons. The van der Waals surface area contributed by atoms with Gasteiger partial charge in [-0.3, -0.25) is 0 Å². The van der Waals surface area contributed by atoms with Gasteiger partial charge in [0.1, 0.15) is 16.5 Å². The van der Waals surface area contributed by atoms with Crippen LogP contribution in [0.25, 0.3) is 0 Å². The monoisotopic (exact) mass is 271 g/mol. The summed E-state index contributed by atoms with van der Waals surface area (Å²) in [7, 11) is 0. The van der Waals surface area contributed by atoms with Crippen LogP contribution in [0.2, 0.25) is 0 Å². The molecule has 1 unspecified atom stereocenters. The van der Waals surface area contributed by atoms with E-state index in [4.69, 9.17) is 33.0 Å². The van der Waals surface area contributed by atoms with E-state index in [2.05, 4.69) is 5.32 Å². The van der Waals surface area contributed by atoms with Gasteiger partial charge in [-0.25, -0.2) is 9.59 Å². The first-order chi connectivity index (χ1) is 7.11. The number of carbonyl (C=O) groups is 2. The van der Waals surface area contributed by atoms with Crippen LogP contribution < -0.4 is 5.32 Å². The highest BCUT2D eigenvalue weighted by Crippen LogP contribution is 2.12. The first-order valence-corrected chi connectivity index (χ1v) is 5.49. The molecule has 1 atom stereocenters. The fourth-order valence-electron chi connectivity index (χ4n) is 0.849. The minimum absolute atomic E-state index is 0.0856. The lowest BCUT2D eigenvalue weighted by molar-refractivity contribution is -0.139. The summed E-state index contributed by atoms with van der Waals surface area (Å²) in [6, 6.07) is -1.16. The first-order valence-electron chi connectivity index (χ1n) is 4.62. The molecule has 0 aromatic heterocycles. The molecule has 0 rings (SSSR count). The van der Waals surface area contributed by atoms with Gasteiger partial charge >= 0.3 is 12.1 Å². The second-order valence-electron chi connectivity index (χ2n) is 4.16. The largest absolute Gasteiger partial charge is 0.480 e. The Morgan fingerprint density at radius 3 is 2.19 bits per heavy atom. The highest BCUT2D eigenvalue weighted by atomic mass is 35.5. The van der Waals surface area contributed by atoms with Gasteiger partial charge in [-0.05, 0) is 20.8 Å². The topological polar surface area (TPSA) is 75.6 Å². The van der Waals surface area contributed by atoms with Crippen molar-refractivity contribution in [1.82, 2.24) is 5.32 Å². The predicted molar refractivity (Wildman–Crippen MR) is 60.9 cm³/mol. The molecule has 16 heavy (non-hydrogen) atoms. The minimum Gasteiger partial charge on any atom is -0.480 e. The summed E-state index contributed by atoms with van der Waals surface area (Å²) in [5.41, 5.74) is -0.686. The van der Waals surface area contributed by atoms with Gasteiger partial charge in [-0.2, -0.15) is 0 Å². The molecule has 0 heterocycles. The maximum Gasteiger partial charge on any atom is 0.408 e. The van der Waals surface area contributed by atoms with Crippen molar-refractivity contribution in [3.8, 4) is 0 Å². The molecule has 5 nitrogen and oxygen atoms in total. The molecule has 0 fully saturated rings. The van der Waals surface area contributed by atoms with E-state index in [-0.39, 0.29) is 6.42 Å². The number of alkyl halides is 2. The summed E-state index contributed by atoms with van der Waals surface area (Å²) in [5, 5.41) is 11.0. The van der Waals surface area contributed by atoms with Crippen LogP contribution in [0.15, 0.2) is 0 Å². The molecule has 0 aliphatic rings. The van der Waals surface area contributed by atoms with Crippen molar-refractivity contribution in [1.29, 1.82) is 0 Å². The molecule has 0 bridgehead atoms. The zero-order valence-electron chi connectivity index (χ0n) is 9.29. The van der Waals surface area contributed by atoms with E-state index in [1.54, 1.807) is 20.8 Å². The molecule has 2 N–H and O–H groups in total. The van der Waals surface area contributed by atoms with Crippen molar-refractivity contribution < 1.29 is 19.4 Å². The highest BCUT2D eigenvalue weighted by Gasteiger charge is 2.25. The zero-order chi connectivity index (χ0) is 12.9. The summed E-state index contributed by atoms with van der Waals surface area (Å²) in [6.45, 7) is 5.02. The van der Waals surface area contributed by atoms with E-state index in [9.17, 15) is 9.59 Å². The fraction of sp³-hybridized carbons (Fsp3) is 0.778. The van der Waals surface area contributed by atoms with Crippen molar-refractivity contribution in [3.63, 3.8) is 0 Å². The molecule has 0 aromatic rings. The fourth-order valence-corrected chi connectivity index (χ4v) is 1.21.